The van der Waals surface area contributed by atoms with Crippen molar-refractivity contribution in [2.75, 3.05) is 0 Å². The van der Waals surface area contributed by atoms with E-state index in [-0.39, 0.29) is 5.54 Å². The van der Waals surface area contributed by atoms with Crippen molar-refractivity contribution in [1.29, 1.82) is 0 Å². The van der Waals surface area contributed by atoms with Gasteiger partial charge in [-0.2, -0.15) is 0 Å². The van der Waals surface area contributed by atoms with Gasteiger partial charge in [-0.3, -0.25) is 0 Å². The summed E-state index contributed by atoms with van der Waals surface area (Å²) < 4.78 is 0. The molecule has 2 saturated carbocycles. The van der Waals surface area contributed by atoms with Crippen LogP contribution in [0.2, 0.25) is 0 Å². The van der Waals surface area contributed by atoms with Crippen molar-refractivity contribution in [3.8, 4) is 0 Å². The van der Waals surface area contributed by atoms with Gasteiger partial charge in [0.1, 0.15) is 0 Å². The maximum Gasteiger partial charge on any atom is 0.0411 e. The Bertz CT molecular complexity index is 373. The number of benzene rings is 1. The highest BCUT2D eigenvalue weighted by Gasteiger charge is 2.40. The summed E-state index contributed by atoms with van der Waals surface area (Å²) in [7, 11) is 0. The van der Waals surface area contributed by atoms with Crippen molar-refractivity contribution >= 4 is 0 Å². The van der Waals surface area contributed by atoms with Crippen molar-refractivity contribution in [2.24, 2.45) is 5.73 Å². The molecule has 3 rings (SSSR count). The Morgan fingerprint density at radius 2 is 1.81 bits per heavy atom. The van der Waals surface area contributed by atoms with E-state index in [0.29, 0.717) is 0 Å². The highest BCUT2D eigenvalue weighted by atomic mass is 14.8. The third kappa shape index (κ3) is 1.89. The molecule has 0 heterocycles. The van der Waals surface area contributed by atoms with Gasteiger partial charge >= 0.3 is 0 Å². The molecule has 0 aromatic heterocycles. The lowest BCUT2D eigenvalue weighted by molar-refractivity contribution is 0.443. The van der Waals surface area contributed by atoms with Crippen molar-refractivity contribution in [1.82, 2.24) is 0 Å². The Kier molecular flexibility index (Phi) is 2.51. The van der Waals surface area contributed by atoms with Crippen molar-refractivity contribution in [3.63, 3.8) is 0 Å². The Labute approximate surface area is 98.0 Å². The van der Waals surface area contributed by atoms with Gasteiger partial charge in [0.2, 0.25) is 0 Å². The molecule has 16 heavy (non-hydrogen) atoms. The Hall–Kier alpha value is -0.820. The Balaban J connectivity index is 1.84. The van der Waals surface area contributed by atoms with Gasteiger partial charge in [-0.1, -0.05) is 43.5 Å². The molecule has 86 valence electrons. The maximum atomic E-state index is 6.27. The quantitative estimate of drug-likeness (QED) is 0.800. The largest absolute Gasteiger partial charge is 0.321 e. The highest BCUT2D eigenvalue weighted by molar-refractivity contribution is 5.34. The summed E-state index contributed by atoms with van der Waals surface area (Å²) >= 11 is 0. The molecule has 1 heteroatoms. The molecule has 2 fully saturated rings. The molecule has 2 aliphatic rings. The second-order valence-corrected chi connectivity index (χ2v) is 5.62. The molecule has 1 nitrogen and oxygen atoms in total. The fourth-order valence-electron chi connectivity index (χ4n) is 2.96. The van der Waals surface area contributed by atoms with Crippen LogP contribution in [0, 0.1) is 0 Å². The lowest BCUT2D eigenvalue weighted by Crippen LogP contribution is -2.19. The van der Waals surface area contributed by atoms with Gasteiger partial charge in [-0.25, -0.2) is 0 Å². The Morgan fingerprint density at radius 1 is 1.06 bits per heavy atom. The molecular formula is C15H21N. The van der Waals surface area contributed by atoms with Gasteiger partial charge in [0, 0.05) is 5.54 Å². The Morgan fingerprint density at radius 3 is 2.50 bits per heavy atom. The molecule has 1 aromatic rings. The summed E-state index contributed by atoms with van der Waals surface area (Å²) in [6.07, 6.45) is 9.33. The van der Waals surface area contributed by atoms with Crippen LogP contribution in [-0.2, 0) is 5.54 Å². The van der Waals surface area contributed by atoms with Crippen LogP contribution in [0.3, 0.4) is 0 Å². The molecule has 0 atom stereocenters. The topological polar surface area (TPSA) is 26.0 Å². The molecule has 0 spiro atoms. The highest BCUT2D eigenvalue weighted by Crippen LogP contribution is 2.44. The lowest BCUT2D eigenvalue weighted by atomic mass is 9.83. The zero-order valence-corrected chi connectivity index (χ0v) is 9.91. The fraction of sp³-hybridized carbons (Fsp3) is 0.600. The zero-order valence-electron chi connectivity index (χ0n) is 9.91. The SMILES string of the molecule is NC1(c2cccc(C3CCCCC3)c2)CC1. The standard InChI is InChI=1S/C15H21N/c16-15(9-10-15)14-8-4-7-13(11-14)12-5-2-1-3-6-12/h4,7-8,11-12H,1-3,5-6,9-10,16H2. The van der Waals surface area contributed by atoms with Crippen LogP contribution in [-0.4, -0.2) is 0 Å². The molecule has 1 aromatic carbocycles. The molecule has 0 aliphatic heterocycles. The van der Waals surface area contributed by atoms with Crippen molar-refractivity contribution in [3.05, 3.63) is 35.4 Å². The minimum Gasteiger partial charge on any atom is -0.321 e. The number of hydrogen-bond donors (Lipinski definition) is 1. The molecule has 0 saturated heterocycles. The summed E-state index contributed by atoms with van der Waals surface area (Å²) in [4.78, 5) is 0. The number of hydrogen-bond acceptors (Lipinski definition) is 1. The third-order valence-corrected chi connectivity index (χ3v) is 4.33. The fourth-order valence-corrected chi connectivity index (χ4v) is 2.96. The van der Waals surface area contributed by atoms with Crippen molar-refractivity contribution in [2.45, 2.75) is 56.4 Å². The van der Waals surface area contributed by atoms with E-state index in [1.165, 1.54) is 56.1 Å². The van der Waals surface area contributed by atoms with E-state index in [0.717, 1.165) is 5.92 Å². The normalized spacial score (nSPS) is 24.3. The second-order valence-electron chi connectivity index (χ2n) is 5.62. The first-order valence-electron chi connectivity index (χ1n) is 6.67. The monoisotopic (exact) mass is 215 g/mol. The number of rotatable bonds is 2. The van der Waals surface area contributed by atoms with E-state index in [2.05, 4.69) is 24.3 Å². The van der Waals surface area contributed by atoms with Crippen LogP contribution in [0.15, 0.2) is 24.3 Å². The van der Waals surface area contributed by atoms with Gasteiger partial charge in [0.05, 0.1) is 0 Å². The molecule has 0 unspecified atom stereocenters. The molecule has 0 amide bonds. The summed E-state index contributed by atoms with van der Waals surface area (Å²) in [6, 6.07) is 9.08. The minimum absolute atomic E-state index is 0.0324. The molecule has 2 aliphatic carbocycles. The van der Waals surface area contributed by atoms with Crippen LogP contribution in [0.4, 0.5) is 0 Å². The number of nitrogens with two attached hydrogens (primary N) is 1. The summed E-state index contributed by atoms with van der Waals surface area (Å²) in [5.41, 5.74) is 9.21. The van der Waals surface area contributed by atoms with Gasteiger partial charge in [-0.15, -0.1) is 0 Å². The third-order valence-electron chi connectivity index (χ3n) is 4.33. The van der Waals surface area contributed by atoms with Crippen LogP contribution in [0.5, 0.6) is 0 Å². The van der Waals surface area contributed by atoms with Gasteiger partial charge < -0.3 is 5.73 Å². The predicted molar refractivity (Wildman–Crippen MR) is 67.4 cm³/mol. The van der Waals surface area contributed by atoms with E-state index >= 15 is 0 Å². The van der Waals surface area contributed by atoms with Gasteiger partial charge in [0.25, 0.3) is 0 Å². The first-order chi connectivity index (χ1) is 7.78. The van der Waals surface area contributed by atoms with E-state index < -0.39 is 0 Å². The van der Waals surface area contributed by atoms with Crippen LogP contribution >= 0.6 is 0 Å². The van der Waals surface area contributed by atoms with Crippen LogP contribution < -0.4 is 5.73 Å². The molecule has 0 bridgehead atoms. The maximum absolute atomic E-state index is 6.27. The predicted octanol–water partition coefficient (Wildman–Crippen LogP) is 3.68. The van der Waals surface area contributed by atoms with Crippen molar-refractivity contribution < 1.29 is 0 Å². The second kappa shape index (κ2) is 3.89. The van der Waals surface area contributed by atoms with E-state index in [1.807, 2.05) is 0 Å². The smallest absolute Gasteiger partial charge is 0.0411 e. The van der Waals surface area contributed by atoms with Gasteiger partial charge in [0.15, 0.2) is 0 Å². The van der Waals surface area contributed by atoms with Gasteiger partial charge in [-0.05, 0) is 42.7 Å². The molecular weight excluding hydrogens is 194 g/mol. The first kappa shape index (κ1) is 10.3. The minimum atomic E-state index is 0.0324. The van der Waals surface area contributed by atoms with Crippen LogP contribution in [0.1, 0.15) is 62.0 Å². The zero-order chi connectivity index (χ0) is 11.0. The average molecular weight is 215 g/mol. The van der Waals surface area contributed by atoms with E-state index in [9.17, 15) is 0 Å². The van der Waals surface area contributed by atoms with E-state index in [4.69, 9.17) is 5.73 Å². The van der Waals surface area contributed by atoms with E-state index in [1.54, 1.807) is 0 Å². The summed E-state index contributed by atoms with van der Waals surface area (Å²) in [6.45, 7) is 0. The summed E-state index contributed by atoms with van der Waals surface area (Å²) in [5.74, 6) is 0.802. The lowest BCUT2D eigenvalue weighted by Gasteiger charge is -2.23. The van der Waals surface area contributed by atoms with Crippen LogP contribution in [0.25, 0.3) is 0 Å². The first-order valence-corrected chi connectivity index (χ1v) is 6.67. The summed E-state index contributed by atoms with van der Waals surface area (Å²) in [5, 5.41) is 0. The molecule has 0 radical (unpaired) electrons. The average Bonchev–Trinajstić information content (AvgIpc) is 3.10. The molecule has 2 N–H and O–H groups in total.